The molecule has 4 rings (SSSR count). The maximum absolute atomic E-state index is 3.68. The highest BCUT2D eigenvalue weighted by Gasteiger charge is 2.47. The monoisotopic (exact) mass is 207 g/mol. The van der Waals surface area contributed by atoms with Gasteiger partial charge >= 0.3 is 0 Å². The Morgan fingerprint density at radius 2 is 2.06 bits per heavy atom. The summed E-state index contributed by atoms with van der Waals surface area (Å²) in [5.41, 5.74) is 4.39. The molecular formula is C15H13N. The van der Waals surface area contributed by atoms with Crippen LogP contribution in [0.25, 0.3) is 0 Å². The lowest BCUT2D eigenvalue weighted by Crippen LogP contribution is -2.48. The van der Waals surface area contributed by atoms with Crippen LogP contribution in [0.1, 0.15) is 0 Å². The van der Waals surface area contributed by atoms with Crippen LogP contribution in [0.15, 0.2) is 71.4 Å². The SMILES string of the molecule is C1=CC2=CC3=C4C=CC=CC4(NC3)C2C=C1. The van der Waals surface area contributed by atoms with Crippen molar-refractivity contribution in [3.63, 3.8) is 0 Å². The fourth-order valence-corrected chi connectivity index (χ4v) is 3.27. The van der Waals surface area contributed by atoms with Crippen LogP contribution in [0.2, 0.25) is 0 Å². The first-order valence-corrected chi connectivity index (χ1v) is 5.81. The molecule has 1 heterocycles. The Morgan fingerprint density at radius 3 is 3.06 bits per heavy atom. The zero-order valence-electron chi connectivity index (χ0n) is 8.98. The molecule has 0 amide bonds. The van der Waals surface area contributed by atoms with Crippen molar-refractivity contribution in [3.8, 4) is 0 Å². The Hall–Kier alpha value is -1.60. The zero-order valence-corrected chi connectivity index (χ0v) is 8.98. The van der Waals surface area contributed by atoms with E-state index < -0.39 is 0 Å². The van der Waals surface area contributed by atoms with Crippen LogP contribution in [0.4, 0.5) is 0 Å². The van der Waals surface area contributed by atoms with E-state index in [1.807, 2.05) is 0 Å². The number of rotatable bonds is 0. The third-order valence-corrected chi connectivity index (χ3v) is 3.99. The third-order valence-electron chi connectivity index (χ3n) is 3.99. The molecule has 2 bridgehead atoms. The fourth-order valence-electron chi connectivity index (χ4n) is 3.27. The number of allylic oxidation sites excluding steroid dienone is 5. The second kappa shape index (κ2) is 2.74. The molecule has 0 fully saturated rings. The van der Waals surface area contributed by atoms with Crippen molar-refractivity contribution in [2.75, 3.05) is 6.54 Å². The van der Waals surface area contributed by atoms with Gasteiger partial charge in [-0.3, -0.25) is 5.32 Å². The minimum atomic E-state index is 0.0371. The Bertz CT molecular complexity index is 540. The molecule has 1 heteroatoms. The Kier molecular flexibility index (Phi) is 1.46. The van der Waals surface area contributed by atoms with Crippen molar-refractivity contribution in [3.05, 3.63) is 71.4 Å². The number of hydrogen-bond acceptors (Lipinski definition) is 1. The molecule has 0 spiro atoms. The predicted molar refractivity (Wildman–Crippen MR) is 65.9 cm³/mol. The molecule has 2 unspecified atom stereocenters. The first kappa shape index (κ1) is 8.54. The summed E-state index contributed by atoms with van der Waals surface area (Å²) >= 11 is 0. The highest BCUT2D eigenvalue weighted by Crippen LogP contribution is 2.46. The summed E-state index contributed by atoms with van der Waals surface area (Å²) in [4.78, 5) is 0. The maximum Gasteiger partial charge on any atom is 0.0734 e. The van der Waals surface area contributed by atoms with Crippen molar-refractivity contribution < 1.29 is 0 Å². The minimum absolute atomic E-state index is 0.0371. The van der Waals surface area contributed by atoms with E-state index in [9.17, 15) is 0 Å². The normalized spacial score (nSPS) is 37.5. The number of nitrogens with one attached hydrogen (secondary N) is 1. The smallest absolute Gasteiger partial charge is 0.0734 e. The summed E-state index contributed by atoms with van der Waals surface area (Å²) in [7, 11) is 0. The Balaban J connectivity index is 2.00. The van der Waals surface area contributed by atoms with E-state index in [4.69, 9.17) is 0 Å². The minimum Gasteiger partial charge on any atom is -0.299 e. The molecule has 3 aliphatic carbocycles. The van der Waals surface area contributed by atoms with Gasteiger partial charge in [0.25, 0.3) is 0 Å². The summed E-state index contributed by atoms with van der Waals surface area (Å²) in [5.74, 6) is 0.458. The van der Waals surface area contributed by atoms with Crippen LogP contribution in [0.3, 0.4) is 0 Å². The molecule has 16 heavy (non-hydrogen) atoms. The largest absolute Gasteiger partial charge is 0.299 e. The van der Waals surface area contributed by atoms with Gasteiger partial charge < -0.3 is 0 Å². The van der Waals surface area contributed by atoms with Crippen molar-refractivity contribution in [1.82, 2.24) is 5.32 Å². The highest BCUT2D eigenvalue weighted by molar-refractivity contribution is 5.62. The fraction of sp³-hybridized carbons (Fsp3) is 0.200. The molecule has 0 aromatic carbocycles. The van der Waals surface area contributed by atoms with E-state index in [-0.39, 0.29) is 5.54 Å². The lowest BCUT2D eigenvalue weighted by atomic mass is 9.68. The van der Waals surface area contributed by atoms with Gasteiger partial charge in [0.2, 0.25) is 0 Å². The zero-order chi connectivity index (χ0) is 10.6. The molecule has 0 saturated heterocycles. The van der Waals surface area contributed by atoms with E-state index in [1.54, 1.807) is 0 Å². The molecule has 0 radical (unpaired) electrons. The molecule has 1 aliphatic heterocycles. The van der Waals surface area contributed by atoms with E-state index in [2.05, 4.69) is 60.0 Å². The van der Waals surface area contributed by atoms with E-state index in [1.165, 1.54) is 16.7 Å². The van der Waals surface area contributed by atoms with E-state index in [0.717, 1.165) is 6.54 Å². The van der Waals surface area contributed by atoms with Crippen molar-refractivity contribution >= 4 is 0 Å². The molecule has 0 aromatic heterocycles. The maximum atomic E-state index is 3.68. The van der Waals surface area contributed by atoms with Gasteiger partial charge in [-0.05, 0) is 16.7 Å². The second-order valence-corrected chi connectivity index (χ2v) is 4.75. The summed E-state index contributed by atoms with van der Waals surface area (Å²) in [6, 6.07) is 0. The van der Waals surface area contributed by atoms with Crippen molar-refractivity contribution in [2.24, 2.45) is 5.92 Å². The average Bonchev–Trinajstić information content (AvgIpc) is 2.63. The third kappa shape index (κ3) is 0.856. The lowest BCUT2D eigenvalue weighted by molar-refractivity contribution is 0.443. The number of hydrogen-bond donors (Lipinski definition) is 1. The lowest BCUT2D eigenvalue weighted by Gasteiger charge is -2.40. The van der Waals surface area contributed by atoms with Crippen LogP contribution in [0.5, 0.6) is 0 Å². The quantitative estimate of drug-likeness (QED) is 0.643. The van der Waals surface area contributed by atoms with Gasteiger partial charge in [0, 0.05) is 12.5 Å². The standard InChI is InChI=1S/C15H13N/c1-2-6-13-11(5-1)9-12-10-16-15(13)8-4-3-7-14(12)15/h1-9,13,16H,10H2. The summed E-state index contributed by atoms with van der Waals surface area (Å²) in [5, 5.41) is 3.68. The summed E-state index contributed by atoms with van der Waals surface area (Å²) in [6.07, 6.45) is 20.1. The molecule has 1 nitrogen and oxygen atoms in total. The topological polar surface area (TPSA) is 12.0 Å². The van der Waals surface area contributed by atoms with Crippen molar-refractivity contribution in [1.29, 1.82) is 0 Å². The average molecular weight is 207 g/mol. The van der Waals surface area contributed by atoms with Gasteiger partial charge in [0.05, 0.1) is 5.54 Å². The van der Waals surface area contributed by atoms with Crippen LogP contribution in [-0.4, -0.2) is 12.1 Å². The van der Waals surface area contributed by atoms with Gasteiger partial charge in [0.15, 0.2) is 0 Å². The molecular weight excluding hydrogens is 194 g/mol. The molecule has 4 aliphatic rings. The predicted octanol–water partition coefficient (Wildman–Crippen LogP) is 2.43. The summed E-state index contributed by atoms with van der Waals surface area (Å²) < 4.78 is 0. The van der Waals surface area contributed by atoms with Gasteiger partial charge in [0.1, 0.15) is 0 Å². The summed E-state index contributed by atoms with van der Waals surface area (Å²) in [6.45, 7) is 0.992. The first-order valence-electron chi connectivity index (χ1n) is 5.81. The number of fused-ring (bicyclic) bond motifs is 1. The molecule has 0 saturated carbocycles. The van der Waals surface area contributed by atoms with E-state index in [0.29, 0.717) is 5.92 Å². The van der Waals surface area contributed by atoms with Gasteiger partial charge in [-0.2, -0.15) is 0 Å². The first-order chi connectivity index (χ1) is 7.90. The van der Waals surface area contributed by atoms with E-state index >= 15 is 0 Å². The van der Waals surface area contributed by atoms with Gasteiger partial charge in [-0.25, -0.2) is 0 Å². The Morgan fingerprint density at radius 1 is 1.12 bits per heavy atom. The molecule has 0 aromatic rings. The second-order valence-electron chi connectivity index (χ2n) is 4.75. The Labute approximate surface area is 95.2 Å². The van der Waals surface area contributed by atoms with Crippen LogP contribution in [-0.2, 0) is 0 Å². The van der Waals surface area contributed by atoms with Gasteiger partial charge in [-0.15, -0.1) is 0 Å². The highest BCUT2D eigenvalue weighted by atomic mass is 15.0. The van der Waals surface area contributed by atoms with Crippen molar-refractivity contribution in [2.45, 2.75) is 5.54 Å². The van der Waals surface area contributed by atoms with Gasteiger partial charge in [-0.1, -0.05) is 54.7 Å². The van der Waals surface area contributed by atoms with Crippen LogP contribution < -0.4 is 5.32 Å². The molecule has 1 N–H and O–H groups in total. The van der Waals surface area contributed by atoms with Crippen LogP contribution >= 0.6 is 0 Å². The van der Waals surface area contributed by atoms with Crippen LogP contribution in [0, 0.1) is 5.92 Å². The molecule has 2 atom stereocenters. The molecule has 78 valence electrons.